The first-order valence-electron chi connectivity index (χ1n) is 13.0. The molecule has 1 fully saturated rings. The van der Waals surface area contributed by atoms with Gasteiger partial charge in [-0.05, 0) is 44.4 Å². The van der Waals surface area contributed by atoms with E-state index in [1.54, 1.807) is 29.6 Å². The molecule has 1 aromatic carbocycles. The fourth-order valence-corrected chi connectivity index (χ4v) is 4.43. The fraction of sp³-hybridized carbons (Fsp3) is 0.615. The van der Waals surface area contributed by atoms with Gasteiger partial charge >= 0.3 is 0 Å². The number of unbranched alkanes of at least 4 members (excludes halogenated alkanes) is 3. The molecule has 0 radical (unpaired) electrons. The molecular formula is C26H39N5O4. The second kappa shape index (κ2) is 14.6. The highest BCUT2D eigenvalue weighted by Gasteiger charge is 2.26. The Kier molecular flexibility index (Phi) is 11.2. The second-order valence-corrected chi connectivity index (χ2v) is 9.06. The van der Waals surface area contributed by atoms with Crippen LogP contribution in [-0.2, 0) is 9.63 Å². The summed E-state index contributed by atoms with van der Waals surface area (Å²) < 4.78 is 0. The van der Waals surface area contributed by atoms with Gasteiger partial charge in [0.25, 0.3) is 10.9 Å². The van der Waals surface area contributed by atoms with E-state index in [0.29, 0.717) is 36.6 Å². The molecule has 35 heavy (non-hydrogen) atoms. The van der Waals surface area contributed by atoms with Crippen molar-refractivity contribution >= 4 is 23.0 Å². The smallest absolute Gasteiger partial charge is 0.253 e. The SMILES string of the molecule is CCNCCON(C(=O)CCCCCCNc1c(Nc2ccncc2)c(=O)c1=O)C1CCCCC1. The van der Waals surface area contributed by atoms with Gasteiger partial charge in [-0.25, -0.2) is 5.06 Å². The molecule has 1 aromatic heterocycles. The summed E-state index contributed by atoms with van der Waals surface area (Å²) in [6, 6.07) is 3.68. The fourth-order valence-electron chi connectivity index (χ4n) is 4.43. The summed E-state index contributed by atoms with van der Waals surface area (Å²) >= 11 is 0. The minimum absolute atomic E-state index is 0.0853. The molecule has 0 saturated heterocycles. The lowest BCUT2D eigenvalue weighted by Gasteiger charge is -2.33. The molecule has 0 aliphatic heterocycles. The molecule has 0 bridgehead atoms. The largest absolute Gasteiger partial charge is 0.380 e. The zero-order valence-corrected chi connectivity index (χ0v) is 20.8. The minimum atomic E-state index is -0.502. The number of nitrogens with one attached hydrogen (secondary N) is 3. The molecule has 0 spiro atoms. The number of hydrogen-bond acceptors (Lipinski definition) is 8. The number of nitrogens with zero attached hydrogens (tertiary/aromatic N) is 2. The molecule has 192 valence electrons. The molecule has 9 nitrogen and oxygen atoms in total. The predicted molar refractivity (Wildman–Crippen MR) is 139 cm³/mol. The lowest BCUT2D eigenvalue weighted by molar-refractivity contribution is -0.203. The van der Waals surface area contributed by atoms with E-state index < -0.39 is 10.9 Å². The van der Waals surface area contributed by atoms with Crippen LogP contribution in [0.4, 0.5) is 17.1 Å². The van der Waals surface area contributed by atoms with Crippen LogP contribution in [0.1, 0.15) is 71.1 Å². The highest BCUT2D eigenvalue weighted by atomic mass is 16.7. The first-order chi connectivity index (χ1) is 17.1. The standard InChI is InChI=1S/C26H39N5O4/c1-2-27-18-19-35-31(21-10-6-5-7-11-21)22(32)12-8-3-4-9-15-29-23-24(26(34)25(23)33)30-20-13-16-28-17-14-20/h13-14,16-17,21,27,29H,2-12,15,18-19H2,1H3,(H,28,30). The highest BCUT2D eigenvalue weighted by molar-refractivity contribution is 5.78. The number of rotatable bonds is 16. The number of likely N-dealkylation sites (N-methyl/N-ethyl adjacent to an activating group) is 1. The van der Waals surface area contributed by atoms with Gasteiger partial charge in [0.15, 0.2) is 0 Å². The van der Waals surface area contributed by atoms with Gasteiger partial charge in [0, 0.05) is 37.6 Å². The van der Waals surface area contributed by atoms with E-state index in [2.05, 4.69) is 27.9 Å². The summed E-state index contributed by atoms with van der Waals surface area (Å²) in [7, 11) is 0. The monoisotopic (exact) mass is 485 g/mol. The molecule has 1 aliphatic carbocycles. The van der Waals surface area contributed by atoms with Gasteiger partial charge in [-0.15, -0.1) is 0 Å². The maximum Gasteiger partial charge on any atom is 0.253 e. The number of aromatic nitrogens is 1. The second-order valence-electron chi connectivity index (χ2n) is 9.06. The Hall–Kier alpha value is -2.78. The zero-order valence-electron chi connectivity index (χ0n) is 20.8. The average molecular weight is 486 g/mol. The molecule has 3 rings (SSSR count). The van der Waals surface area contributed by atoms with Crippen LogP contribution in [0.25, 0.3) is 0 Å². The molecule has 2 aromatic rings. The molecule has 3 N–H and O–H groups in total. The number of pyridine rings is 1. The molecule has 9 heteroatoms. The van der Waals surface area contributed by atoms with Crippen LogP contribution in [0.15, 0.2) is 34.1 Å². The van der Waals surface area contributed by atoms with Crippen LogP contribution in [0.3, 0.4) is 0 Å². The van der Waals surface area contributed by atoms with E-state index >= 15 is 0 Å². The normalized spacial score (nSPS) is 14.2. The Balaban J connectivity index is 1.34. The van der Waals surface area contributed by atoms with Crippen LogP contribution in [-0.4, -0.2) is 48.2 Å². The number of amides is 1. The minimum Gasteiger partial charge on any atom is -0.380 e. The molecule has 1 aliphatic rings. The van der Waals surface area contributed by atoms with Gasteiger partial charge in [0.05, 0.1) is 12.6 Å². The first kappa shape index (κ1) is 26.8. The van der Waals surface area contributed by atoms with Gasteiger partial charge in [-0.2, -0.15) is 0 Å². The van der Waals surface area contributed by atoms with Crippen molar-refractivity contribution in [3.63, 3.8) is 0 Å². The maximum absolute atomic E-state index is 12.9. The summed E-state index contributed by atoms with van der Waals surface area (Å²) in [5, 5.41) is 11.0. The third-order valence-electron chi connectivity index (χ3n) is 6.39. The number of anilines is 3. The van der Waals surface area contributed by atoms with Crippen molar-refractivity contribution in [2.75, 3.05) is 36.9 Å². The van der Waals surface area contributed by atoms with Crippen LogP contribution >= 0.6 is 0 Å². The third kappa shape index (κ3) is 8.14. The Morgan fingerprint density at radius 1 is 1.00 bits per heavy atom. The maximum atomic E-state index is 12.9. The third-order valence-corrected chi connectivity index (χ3v) is 6.39. The zero-order chi connectivity index (χ0) is 24.9. The van der Waals surface area contributed by atoms with Crippen LogP contribution in [0.2, 0.25) is 0 Å². The molecule has 1 amide bonds. The molecule has 1 saturated carbocycles. The Bertz CT molecular complexity index is 968. The van der Waals surface area contributed by atoms with E-state index in [-0.39, 0.29) is 11.9 Å². The van der Waals surface area contributed by atoms with E-state index in [0.717, 1.165) is 64.5 Å². The van der Waals surface area contributed by atoms with E-state index in [1.807, 2.05) is 0 Å². The summed E-state index contributed by atoms with van der Waals surface area (Å²) in [5.41, 5.74) is 0.387. The number of hydroxylamine groups is 2. The molecule has 0 atom stereocenters. The van der Waals surface area contributed by atoms with Gasteiger partial charge in [0.2, 0.25) is 5.91 Å². The Morgan fingerprint density at radius 3 is 2.46 bits per heavy atom. The summed E-state index contributed by atoms with van der Waals surface area (Å²) in [6.45, 7) is 4.80. The van der Waals surface area contributed by atoms with Crippen molar-refractivity contribution in [3.8, 4) is 0 Å². The predicted octanol–water partition coefficient (Wildman–Crippen LogP) is 3.49. The van der Waals surface area contributed by atoms with Crippen molar-refractivity contribution in [2.45, 2.75) is 77.2 Å². The quantitative estimate of drug-likeness (QED) is 0.188. The molecule has 1 heterocycles. The van der Waals surface area contributed by atoms with Gasteiger partial charge in [-0.3, -0.25) is 24.2 Å². The van der Waals surface area contributed by atoms with Gasteiger partial charge in [-0.1, -0.05) is 39.0 Å². The van der Waals surface area contributed by atoms with Crippen LogP contribution < -0.4 is 26.8 Å². The lowest BCUT2D eigenvalue weighted by atomic mass is 9.95. The van der Waals surface area contributed by atoms with Crippen LogP contribution in [0.5, 0.6) is 0 Å². The number of carbonyl (C=O) groups excluding carboxylic acids is 1. The van der Waals surface area contributed by atoms with Gasteiger partial charge in [0.1, 0.15) is 11.4 Å². The molecule has 0 unspecified atom stereocenters. The summed E-state index contributed by atoms with van der Waals surface area (Å²) in [5.74, 6) is 0.0853. The first-order valence-corrected chi connectivity index (χ1v) is 13.0. The van der Waals surface area contributed by atoms with Crippen molar-refractivity contribution in [3.05, 3.63) is 45.0 Å². The molecular weight excluding hydrogens is 446 g/mol. The number of carbonyl (C=O) groups is 1. The van der Waals surface area contributed by atoms with Crippen molar-refractivity contribution in [1.82, 2.24) is 15.4 Å². The van der Waals surface area contributed by atoms with E-state index in [1.165, 1.54) is 6.42 Å². The van der Waals surface area contributed by atoms with Crippen molar-refractivity contribution in [2.24, 2.45) is 0 Å². The van der Waals surface area contributed by atoms with Crippen molar-refractivity contribution < 1.29 is 9.63 Å². The van der Waals surface area contributed by atoms with E-state index in [9.17, 15) is 14.4 Å². The Morgan fingerprint density at radius 2 is 1.71 bits per heavy atom. The highest BCUT2D eigenvalue weighted by Crippen LogP contribution is 2.24. The number of hydrogen-bond donors (Lipinski definition) is 3. The Labute approximate surface area is 207 Å². The average Bonchev–Trinajstić information content (AvgIpc) is 2.90. The topological polar surface area (TPSA) is 113 Å². The summed E-state index contributed by atoms with van der Waals surface area (Å²) in [4.78, 5) is 46.5. The van der Waals surface area contributed by atoms with Crippen molar-refractivity contribution in [1.29, 1.82) is 0 Å². The van der Waals surface area contributed by atoms with Crippen LogP contribution in [0, 0.1) is 0 Å². The summed E-state index contributed by atoms with van der Waals surface area (Å²) in [6.07, 6.45) is 12.9. The van der Waals surface area contributed by atoms with E-state index in [4.69, 9.17) is 4.84 Å². The van der Waals surface area contributed by atoms with Gasteiger partial charge < -0.3 is 16.0 Å². The lowest BCUT2D eigenvalue weighted by Crippen LogP contribution is -2.42.